The Morgan fingerprint density at radius 3 is 3.00 bits per heavy atom. The highest BCUT2D eigenvalue weighted by molar-refractivity contribution is 5.50. The third-order valence-electron chi connectivity index (χ3n) is 4.63. The molecule has 1 atom stereocenters. The smallest absolute Gasteiger partial charge is 0.293 e. The Labute approximate surface area is 146 Å². The van der Waals surface area contributed by atoms with E-state index in [0.29, 0.717) is 25.0 Å². The average molecular weight is 341 g/mol. The molecule has 0 saturated heterocycles. The van der Waals surface area contributed by atoms with Gasteiger partial charge in [0.2, 0.25) is 0 Å². The fourth-order valence-electron chi connectivity index (χ4n) is 3.27. The first-order chi connectivity index (χ1) is 12.2. The van der Waals surface area contributed by atoms with Gasteiger partial charge in [-0.1, -0.05) is 0 Å². The highest BCUT2D eigenvalue weighted by Crippen LogP contribution is 2.35. The van der Waals surface area contributed by atoms with Crippen molar-refractivity contribution < 1.29 is 9.47 Å². The van der Waals surface area contributed by atoms with Gasteiger partial charge < -0.3 is 19.4 Å². The summed E-state index contributed by atoms with van der Waals surface area (Å²) in [6.07, 6.45) is 6.67. The Morgan fingerprint density at radius 2 is 2.24 bits per heavy atom. The topological polar surface area (TPSA) is 65.4 Å². The van der Waals surface area contributed by atoms with Gasteiger partial charge in [0.15, 0.2) is 5.82 Å². The fraction of sp³-hybridized carbons (Fsp3) is 0.474. The van der Waals surface area contributed by atoms with Crippen LogP contribution in [0.2, 0.25) is 0 Å². The molecule has 2 aromatic rings. The number of anilines is 1. The van der Waals surface area contributed by atoms with Gasteiger partial charge in [-0.3, -0.25) is 4.79 Å². The number of hydrogen-bond acceptors (Lipinski definition) is 5. The van der Waals surface area contributed by atoms with Gasteiger partial charge in [0.05, 0.1) is 6.61 Å². The minimum atomic E-state index is -0.0611. The Bertz CT molecular complexity index is 842. The molecular formula is C19H23N3O3. The van der Waals surface area contributed by atoms with Gasteiger partial charge >= 0.3 is 0 Å². The van der Waals surface area contributed by atoms with Gasteiger partial charge in [-0.25, -0.2) is 4.98 Å². The third-order valence-corrected chi connectivity index (χ3v) is 4.63. The lowest BCUT2D eigenvalue weighted by Gasteiger charge is -2.14. The summed E-state index contributed by atoms with van der Waals surface area (Å²) in [4.78, 5) is 16.7. The zero-order valence-electron chi connectivity index (χ0n) is 14.6. The van der Waals surface area contributed by atoms with Crippen LogP contribution in [0.1, 0.15) is 43.9 Å². The fourth-order valence-corrected chi connectivity index (χ4v) is 3.27. The molecule has 1 unspecified atom stereocenters. The van der Waals surface area contributed by atoms with E-state index in [1.807, 2.05) is 13.0 Å². The maximum absolute atomic E-state index is 12.5. The summed E-state index contributed by atoms with van der Waals surface area (Å²) in [5.41, 5.74) is 2.08. The second-order valence-corrected chi connectivity index (χ2v) is 6.71. The number of rotatable bonds is 6. The normalized spacial score (nSPS) is 18.6. The highest BCUT2D eigenvalue weighted by Gasteiger charge is 2.25. The van der Waals surface area contributed by atoms with E-state index in [9.17, 15) is 4.79 Å². The van der Waals surface area contributed by atoms with Gasteiger partial charge in [0.25, 0.3) is 5.56 Å². The number of fused-ring (bicyclic) bond motifs is 1. The quantitative estimate of drug-likeness (QED) is 0.875. The Balaban J connectivity index is 1.58. The van der Waals surface area contributed by atoms with Crippen molar-refractivity contribution in [1.29, 1.82) is 0 Å². The minimum absolute atomic E-state index is 0.0611. The van der Waals surface area contributed by atoms with Crippen LogP contribution in [0.3, 0.4) is 0 Å². The van der Waals surface area contributed by atoms with Crippen LogP contribution in [0.4, 0.5) is 5.82 Å². The van der Waals surface area contributed by atoms with E-state index in [-0.39, 0.29) is 11.7 Å². The molecule has 6 heteroatoms. The Hall–Kier alpha value is -2.50. The monoisotopic (exact) mass is 341 g/mol. The number of benzene rings is 1. The largest absolute Gasteiger partial charge is 0.494 e. The maximum Gasteiger partial charge on any atom is 0.293 e. The molecule has 1 N–H and O–H groups in total. The molecule has 2 aliphatic rings. The summed E-state index contributed by atoms with van der Waals surface area (Å²) in [7, 11) is 0. The molecule has 0 bridgehead atoms. The molecule has 132 valence electrons. The molecule has 1 aromatic heterocycles. The van der Waals surface area contributed by atoms with Crippen LogP contribution in [0.5, 0.6) is 11.5 Å². The first-order valence-corrected chi connectivity index (χ1v) is 8.92. The van der Waals surface area contributed by atoms with Crippen LogP contribution in [0, 0.1) is 0 Å². The minimum Gasteiger partial charge on any atom is -0.494 e. The molecule has 0 radical (unpaired) electrons. The van der Waals surface area contributed by atoms with Crippen molar-refractivity contribution in [3.05, 3.63) is 46.0 Å². The van der Waals surface area contributed by atoms with E-state index in [1.54, 1.807) is 17.0 Å². The van der Waals surface area contributed by atoms with Gasteiger partial charge in [0.1, 0.15) is 17.6 Å². The Morgan fingerprint density at radius 1 is 1.40 bits per heavy atom. The predicted molar refractivity (Wildman–Crippen MR) is 95.5 cm³/mol. The molecule has 0 amide bonds. The van der Waals surface area contributed by atoms with E-state index in [2.05, 4.69) is 23.3 Å². The number of hydrogen-bond donors (Lipinski definition) is 1. The second kappa shape index (κ2) is 6.43. The van der Waals surface area contributed by atoms with E-state index in [4.69, 9.17) is 9.47 Å². The molecule has 1 aliphatic heterocycles. The van der Waals surface area contributed by atoms with Crippen molar-refractivity contribution in [2.75, 3.05) is 11.9 Å². The van der Waals surface area contributed by atoms with Crippen LogP contribution in [-0.2, 0) is 13.0 Å². The van der Waals surface area contributed by atoms with Crippen molar-refractivity contribution in [1.82, 2.24) is 9.55 Å². The van der Waals surface area contributed by atoms with Crippen molar-refractivity contribution in [3.8, 4) is 11.5 Å². The Kier molecular flexibility index (Phi) is 4.11. The average Bonchev–Trinajstić information content (AvgIpc) is 3.36. The number of aromatic nitrogens is 2. The zero-order chi connectivity index (χ0) is 17.4. The molecule has 6 nitrogen and oxygen atoms in total. The molecule has 1 aliphatic carbocycles. The molecule has 2 heterocycles. The van der Waals surface area contributed by atoms with Crippen molar-refractivity contribution in [2.24, 2.45) is 0 Å². The third kappa shape index (κ3) is 3.21. The molecule has 1 fully saturated rings. The summed E-state index contributed by atoms with van der Waals surface area (Å²) in [5.74, 6) is 2.13. The zero-order valence-corrected chi connectivity index (χ0v) is 14.6. The van der Waals surface area contributed by atoms with Crippen LogP contribution < -0.4 is 20.3 Å². The van der Waals surface area contributed by atoms with E-state index in [1.165, 1.54) is 5.56 Å². The van der Waals surface area contributed by atoms with Crippen LogP contribution in [-0.4, -0.2) is 22.3 Å². The summed E-state index contributed by atoms with van der Waals surface area (Å²) >= 11 is 0. The summed E-state index contributed by atoms with van der Waals surface area (Å²) in [5, 5.41) is 3.17. The van der Waals surface area contributed by atoms with E-state index < -0.39 is 0 Å². The highest BCUT2D eigenvalue weighted by atomic mass is 16.5. The SMILES string of the molecule is CCOc1cc2c(cc1CNc1nccn(C3CC3)c1=O)OC(C)C2. The molecule has 1 aromatic carbocycles. The maximum atomic E-state index is 12.5. The van der Waals surface area contributed by atoms with Gasteiger partial charge in [-0.15, -0.1) is 0 Å². The van der Waals surface area contributed by atoms with E-state index >= 15 is 0 Å². The number of nitrogens with zero attached hydrogens (tertiary/aromatic N) is 2. The lowest BCUT2D eigenvalue weighted by atomic mass is 10.1. The van der Waals surface area contributed by atoms with Gasteiger partial charge in [0, 0.05) is 42.5 Å². The lowest BCUT2D eigenvalue weighted by Crippen LogP contribution is -2.23. The number of ether oxygens (including phenoxy) is 2. The molecule has 25 heavy (non-hydrogen) atoms. The predicted octanol–water partition coefficient (Wildman–Crippen LogP) is 2.91. The van der Waals surface area contributed by atoms with Crippen LogP contribution in [0.15, 0.2) is 29.3 Å². The lowest BCUT2D eigenvalue weighted by molar-refractivity contribution is 0.254. The molecule has 1 saturated carbocycles. The first kappa shape index (κ1) is 16.0. The van der Waals surface area contributed by atoms with Crippen molar-refractivity contribution in [3.63, 3.8) is 0 Å². The second-order valence-electron chi connectivity index (χ2n) is 6.71. The number of nitrogens with one attached hydrogen (secondary N) is 1. The summed E-state index contributed by atoms with van der Waals surface area (Å²) in [6, 6.07) is 4.41. The summed E-state index contributed by atoms with van der Waals surface area (Å²) < 4.78 is 13.4. The molecular weight excluding hydrogens is 318 g/mol. The molecule has 0 spiro atoms. The summed E-state index contributed by atoms with van der Waals surface area (Å²) in [6.45, 7) is 5.10. The first-order valence-electron chi connectivity index (χ1n) is 8.92. The van der Waals surface area contributed by atoms with Gasteiger partial charge in [-0.05, 0) is 38.8 Å². The van der Waals surface area contributed by atoms with Gasteiger partial charge in [-0.2, -0.15) is 0 Å². The van der Waals surface area contributed by atoms with Crippen LogP contribution >= 0.6 is 0 Å². The molecule has 4 rings (SSSR count). The van der Waals surface area contributed by atoms with Crippen molar-refractivity contribution >= 4 is 5.82 Å². The van der Waals surface area contributed by atoms with Crippen LogP contribution in [0.25, 0.3) is 0 Å². The van der Waals surface area contributed by atoms with E-state index in [0.717, 1.165) is 36.3 Å². The van der Waals surface area contributed by atoms with Crippen molar-refractivity contribution in [2.45, 2.75) is 51.8 Å². The standard InChI is InChI=1S/C19H23N3O3/c1-3-24-16-9-13-8-12(2)25-17(13)10-14(16)11-21-18-19(23)22(7-6-20-18)15-4-5-15/h6-7,9-10,12,15H,3-5,8,11H2,1-2H3,(H,20,21).